The minimum absolute atomic E-state index is 0.0682. The summed E-state index contributed by atoms with van der Waals surface area (Å²) in [5.41, 5.74) is -0.689. The Morgan fingerprint density at radius 2 is 1.85 bits per heavy atom. The normalized spacial score (nSPS) is 19.5. The second kappa shape index (κ2) is 6.26. The lowest BCUT2D eigenvalue weighted by atomic mass is 10.1. The third-order valence-electron chi connectivity index (χ3n) is 3.63. The van der Waals surface area contributed by atoms with Crippen molar-refractivity contribution in [2.75, 3.05) is 20.1 Å². The van der Waals surface area contributed by atoms with E-state index in [9.17, 15) is 18.0 Å². The first-order valence-corrected chi connectivity index (χ1v) is 6.63. The van der Waals surface area contributed by atoms with Crippen LogP contribution in [0.3, 0.4) is 0 Å². The van der Waals surface area contributed by atoms with Crippen molar-refractivity contribution in [1.82, 2.24) is 10.2 Å². The van der Waals surface area contributed by atoms with Crippen LogP contribution in [-0.2, 0) is 0 Å². The summed E-state index contributed by atoms with van der Waals surface area (Å²) in [5.74, 6) is -4.10. The van der Waals surface area contributed by atoms with Crippen LogP contribution in [0.25, 0.3) is 0 Å². The summed E-state index contributed by atoms with van der Waals surface area (Å²) in [4.78, 5) is 13.6. The molecular formula is C14H17F3N2O. The van der Waals surface area contributed by atoms with Gasteiger partial charge in [-0.3, -0.25) is 4.79 Å². The fourth-order valence-corrected chi connectivity index (χ4v) is 2.48. The molecule has 1 N–H and O–H groups in total. The zero-order valence-electron chi connectivity index (χ0n) is 11.3. The van der Waals surface area contributed by atoms with Gasteiger partial charge in [0.1, 0.15) is 23.0 Å². The van der Waals surface area contributed by atoms with Crippen LogP contribution in [0.2, 0.25) is 0 Å². The van der Waals surface area contributed by atoms with Crippen molar-refractivity contribution in [2.45, 2.75) is 25.3 Å². The topological polar surface area (TPSA) is 32.3 Å². The molecule has 110 valence electrons. The number of benzene rings is 1. The van der Waals surface area contributed by atoms with Gasteiger partial charge >= 0.3 is 0 Å². The minimum Gasteiger partial charge on any atom is -0.338 e. The molecule has 1 aliphatic rings. The highest BCUT2D eigenvalue weighted by atomic mass is 19.1. The quantitative estimate of drug-likeness (QED) is 0.905. The van der Waals surface area contributed by atoms with Crippen molar-refractivity contribution in [1.29, 1.82) is 0 Å². The second-order valence-electron chi connectivity index (χ2n) is 5.00. The highest BCUT2D eigenvalue weighted by molar-refractivity contribution is 5.94. The average molecular weight is 286 g/mol. The first-order valence-electron chi connectivity index (χ1n) is 6.63. The van der Waals surface area contributed by atoms with Gasteiger partial charge in [-0.15, -0.1) is 0 Å². The van der Waals surface area contributed by atoms with E-state index in [-0.39, 0.29) is 6.04 Å². The van der Waals surface area contributed by atoms with E-state index < -0.39 is 28.9 Å². The lowest BCUT2D eigenvalue weighted by Crippen LogP contribution is -2.38. The largest absolute Gasteiger partial charge is 0.338 e. The lowest BCUT2D eigenvalue weighted by molar-refractivity contribution is 0.0710. The van der Waals surface area contributed by atoms with Crippen molar-refractivity contribution < 1.29 is 18.0 Å². The Hall–Kier alpha value is -1.56. The minimum atomic E-state index is -1.16. The predicted octanol–water partition coefficient (Wildman–Crippen LogP) is 2.32. The Balaban J connectivity index is 2.22. The van der Waals surface area contributed by atoms with E-state index in [4.69, 9.17) is 0 Å². The Kier molecular flexibility index (Phi) is 4.65. The SMILES string of the molecule is CN(C(=O)c1c(F)cc(F)cc1F)C1CCCNCC1. The predicted molar refractivity (Wildman–Crippen MR) is 68.9 cm³/mol. The maximum atomic E-state index is 13.6. The highest BCUT2D eigenvalue weighted by Crippen LogP contribution is 2.20. The van der Waals surface area contributed by atoms with Gasteiger partial charge in [0.25, 0.3) is 5.91 Å². The van der Waals surface area contributed by atoms with Crippen molar-refractivity contribution >= 4 is 5.91 Å². The van der Waals surface area contributed by atoms with Crippen LogP contribution in [0.1, 0.15) is 29.6 Å². The molecule has 1 unspecified atom stereocenters. The van der Waals surface area contributed by atoms with Crippen LogP contribution in [0, 0.1) is 17.5 Å². The van der Waals surface area contributed by atoms with E-state index >= 15 is 0 Å². The van der Waals surface area contributed by atoms with Gasteiger partial charge < -0.3 is 10.2 Å². The Morgan fingerprint density at radius 3 is 2.50 bits per heavy atom. The molecule has 1 saturated heterocycles. The van der Waals surface area contributed by atoms with Crippen LogP contribution in [0.4, 0.5) is 13.2 Å². The van der Waals surface area contributed by atoms with Crippen LogP contribution in [0.5, 0.6) is 0 Å². The van der Waals surface area contributed by atoms with Crippen molar-refractivity contribution in [3.05, 3.63) is 35.1 Å². The van der Waals surface area contributed by atoms with Crippen LogP contribution in [0.15, 0.2) is 12.1 Å². The van der Waals surface area contributed by atoms with Gasteiger partial charge in [-0.1, -0.05) is 0 Å². The van der Waals surface area contributed by atoms with Crippen molar-refractivity contribution in [2.24, 2.45) is 0 Å². The van der Waals surface area contributed by atoms with E-state index in [1.165, 1.54) is 11.9 Å². The average Bonchev–Trinajstić information content (AvgIpc) is 2.65. The van der Waals surface area contributed by atoms with Gasteiger partial charge in [-0.05, 0) is 32.4 Å². The van der Waals surface area contributed by atoms with Gasteiger partial charge in [-0.25, -0.2) is 13.2 Å². The van der Waals surface area contributed by atoms with E-state index in [1.807, 2.05) is 0 Å². The molecule has 0 saturated carbocycles. The first-order chi connectivity index (χ1) is 9.50. The molecule has 0 bridgehead atoms. The molecule has 1 aromatic carbocycles. The fourth-order valence-electron chi connectivity index (χ4n) is 2.48. The number of rotatable bonds is 2. The molecule has 1 amide bonds. The molecule has 0 radical (unpaired) electrons. The summed E-state index contributed by atoms with van der Waals surface area (Å²) >= 11 is 0. The number of amides is 1. The van der Waals surface area contributed by atoms with E-state index in [1.54, 1.807) is 0 Å². The molecule has 0 aliphatic carbocycles. The number of halogens is 3. The van der Waals surface area contributed by atoms with E-state index in [0.29, 0.717) is 12.1 Å². The van der Waals surface area contributed by atoms with Gasteiger partial charge in [0, 0.05) is 25.2 Å². The van der Waals surface area contributed by atoms with Crippen molar-refractivity contribution in [3.63, 3.8) is 0 Å². The molecule has 1 heterocycles. The number of hydrogen-bond donors (Lipinski definition) is 1. The lowest BCUT2D eigenvalue weighted by Gasteiger charge is -2.27. The summed E-state index contributed by atoms with van der Waals surface area (Å²) in [6.07, 6.45) is 2.41. The van der Waals surface area contributed by atoms with Gasteiger partial charge in [0.15, 0.2) is 0 Å². The first kappa shape index (κ1) is 14.8. The molecule has 1 atom stereocenters. The van der Waals surface area contributed by atoms with E-state index in [2.05, 4.69) is 5.32 Å². The molecule has 3 nitrogen and oxygen atoms in total. The van der Waals surface area contributed by atoms with E-state index in [0.717, 1.165) is 32.4 Å². The van der Waals surface area contributed by atoms with Crippen LogP contribution in [-0.4, -0.2) is 37.0 Å². The van der Waals surface area contributed by atoms with Crippen molar-refractivity contribution in [3.8, 4) is 0 Å². The molecular weight excluding hydrogens is 269 g/mol. The fraction of sp³-hybridized carbons (Fsp3) is 0.500. The monoisotopic (exact) mass is 286 g/mol. The zero-order valence-corrected chi connectivity index (χ0v) is 11.3. The number of nitrogens with zero attached hydrogens (tertiary/aromatic N) is 1. The molecule has 0 spiro atoms. The molecule has 6 heteroatoms. The third-order valence-corrected chi connectivity index (χ3v) is 3.63. The second-order valence-corrected chi connectivity index (χ2v) is 5.00. The standard InChI is InChI=1S/C14H17F3N2O/c1-19(10-3-2-5-18-6-4-10)14(20)13-11(16)7-9(15)8-12(13)17/h7-8,10,18H,2-6H2,1H3. The number of carbonyl (C=O) groups excluding carboxylic acids is 1. The Morgan fingerprint density at radius 1 is 1.20 bits per heavy atom. The van der Waals surface area contributed by atoms with Gasteiger partial charge in [0.2, 0.25) is 0 Å². The zero-order chi connectivity index (χ0) is 14.7. The molecule has 0 aromatic heterocycles. The summed E-state index contributed by atoms with van der Waals surface area (Å²) in [6, 6.07) is 0.985. The summed E-state index contributed by atoms with van der Waals surface area (Å²) in [5, 5.41) is 3.21. The van der Waals surface area contributed by atoms with Crippen LogP contribution >= 0.6 is 0 Å². The summed E-state index contributed by atoms with van der Waals surface area (Å²) in [7, 11) is 1.53. The Bertz CT molecular complexity index is 476. The summed E-state index contributed by atoms with van der Waals surface area (Å²) < 4.78 is 40.1. The molecule has 1 aromatic rings. The maximum Gasteiger partial charge on any atom is 0.259 e. The van der Waals surface area contributed by atoms with Crippen LogP contribution < -0.4 is 5.32 Å². The molecule has 20 heavy (non-hydrogen) atoms. The third kappa shape index (κ3) is 3.12. The molecule has 1 fully saturated rings. The van der Waals surface area contributed by atoms with Gasteiger partial charge in [-0.2, -0.15) is 0 Å². The van der Waals surface area contributed by atoms with Gasteiger partial charge in [0.05, 0.1) is 0 Å². The Labute approximate surface area is 115 Å². The number of nitrogens with one attached hydrogen (secondary N) is 1. The number of hydrogen-bond acceptors (Lipinski definition) is 2. The smallest absolute Gasteiger partial charge is 0.259 e. The number of carbonyl (C=O) groups is 1. The summed E-state index contributed by atoms with van der Waals surface area (Å²) in [6.45, 7) is 1.63. The molecule has 1 aliphatic heterocycles. The maximum absolute atomic E-state index is 13.6. The highest BCUT2D eigenvalue weighted by Gasteiger charge is 2.27. The molecule has 2 rings (SSSR count).